The van der Waals surface area contributed by atoms with E-state index in [2.05, 4.69) is 37.0 Å². The summed E-state index contributed by atoms with van der Waals surface area (Å²) < 4.78 is 13.1. The average Bonchev–Trinajstić information content (AvgIpc) is 2.72. The van der Waals surface area contributed by atoms with Gasteiger partial charge in [-0.2, -0.15) is 9.78 Å². The van der Waals surface area contributed by atoms with Gasteiger partial charge in [0.05, 0.1) is 28.2 Å². The highest BCUT2D eigenvalue weighted by Gasteiger charge is 2.23. The Morgan fingerprint density at radius 1 is 1.19 bits per heavy atom. The molecule has 2 aromatic carbocycles. The smallest absolute Gasteiger partial charge is 0.344 e. The van der Waals surface area contributed by atoms with E-state index in [1.807, 2.05) is 32.9 Å². The molecule has 0 aliphatic carbocycles. The van der Waals surface area contributed by atoms with Crippen LogP contribution in [0.4, 0.5) is 0 Å². The second-order valence-electron chi connectivity index (χ2n) is 7.99. The normalized spacial score (nSPS) is 11.8. The summed E-state index contributed by atoms with van der Waals surface area (Å²) in [6, 6.07) is 10.7. The number of halogens is 2. The Morgan fingerprint density at radius 2 is 1.94 bits per heavy atom. The summed E-state index contributed by atoms with van der Waals surface area (Å²) in [6.45, 7) is 7.81. The van der Waals surface area contributed by atoms with Crippen molar-refractivity contribution in [3.63, 3.8) is 0 Å². The van der Waals surface area contributed by atoms with Crippen molar-refractivity contribution in [1.82, 2.24) is 9.66 Å². The van der Waals surface area contributed by atoms with E-state index in [1.54, 1.807) is 37.4 Å². The number of benzene rings is 2. The van der Waals surface area contributed by atoms with Crippen molar-refractivity contribution < 1.29 is 14.3 Å². The number of carbonyl (C=O) groups is 1. The molecule has 0 saturated heterocycles. The minimum absolute atomic E-state index is 0.178. The van der Waals surface area contributed by atoms with E-state index in [9.17, 15) is 9.59 Å². The Balaban J connectivity index is 1.96. The number of carbonyl (C=O) groups excluding carboxylic acids is 1. The molecule has 0 atom stereocenters. The fraction of sp³-hybridized carbons (Fsp3) is 0.304. The lowest BCUT2D eigenvalue weighted by Gasteiger charge is -2.20. The summed E-state index contributed by atoms with van der Waals surface area (Å²) in [7, 11) is 0. The van der Waals surface area contributed by atoms with E-state index in [1.165, 1.54) is 4.68 Å². The highest BCUT2D eigenvalue weighted by Crippen LogP contribution is 2.26. The summed E-state index contributed by atoms with van der Waals surface area (Å²) >= 11 is 6.85. The van der Waals surface area contributed by atoms with Gasteiger partial charge in [-0.25, -0.2) is 9.78 Å². The van der Waals surface area contributed by atoms with Gasteiger partial charge in [0.25, 0.3) is 5.56 Å². The van der Waals surface area contributed by atoms with E-state index in [4.69, 9.17) is 14.5 Å². The highest BCUT2D eigenvalue weighted by atomic mass is 79.9. The first-order valence-corrected chi connectivity index (χ1v) is 11.5. The fourth-order valence-electron chi connectivity index (χ4n) is 2.92. The van der Waals surface area contributed by atoms with Crippen LogP contribution in [-0.4, -0.2) is 35.1 Å². The van der Waals surface area contributed by atoms with Gasteiger partial charge in [0, 0.05) is 9.89 Å². The van der Waals surface area contributed by atoms with Crippen molar-refractivity contribution in [2.45, 2.75) is 33.1 Å². The second kappa shape index (κ2) is 9.95. The molecule has 0 saturated carbocycles. The second-order valence-corrected chi connectivity index (χ2v) is 9.76. The number of fused-ring (bicyclic) bond motifs is 1. The van der Waals surface area contributed by atoms with E-state index in [0.717, 1.165) is 10.0 Å². The van der Waals surface area contributed by atoms with Gasteiger partial charge in [0.1, 0.15) is 11.6 Å². The third-order valence-corrected chi connectivity index (χ3v) is 5.52. The zero-order chi connectivity index (χ0) is 23.5. The van der Waals surface area contributed by atoms with Crippen LogP contribution in [0.3, 0.4) is 0 Å². The lowest BCUT2D eigenvalue weighted by atomic mass is 9.95. The molecule has 3 rings (SSSR count). The molecule has 0 bridgehead atoms. The largest absolute Gasteiger partial charge is 0.481 e. The Morgan fingerprint density at radius 3 is 2.59 bits per heavy atom. The maximum atomic E-state index is 13.2. The molecule has 9 heteroatoms. The van der Waals surface area contributed by atoms with Crippen molar-refractivity contribution in [2.75, 3.05) is 13.2 Å². The molecule has 0 unspecified atom stereocenters. The quantitative estimate of drug-likeness (QED) is 0.309. The molecule has 0 amide bonds. The lowest BCUT2D eigenvalue weighted by Crippen LogP contribution is -2.29. The van der Waals surface area contributed by atoms with Crippen LogP contribution in [0.25, 0.3) is 10.9 Å². The highest BCUT2D eigenvalue weighted by molar-refractivity contribution is 9.10. The molecule has 0 aliphatic heterocycles. The Labute approximate surface area is 202 Å². The molecule has 1 aromatic heterocycles. The summed E-state index contributed by atoms with van der Waals surface area (Å²) in [4.78, 5) is 29.4. The lowest BCUT2D eigenvalue weighted by molar-refractivity contribution is -0.145. The van der Waals surface area contributed by atoms with Crippen molar-refractivity contribution in [1.29, 1.82) is 0 Å². The molecule has 168 valence electrons. The Hall–Kier alpha value is -2.52. The third-order valence-electron chi connectivity index (χ3n) is 4.41. The van der Waals surface area contributed by atoms with Gasteiger partial charge < -0.3 is 9.47 Å². The zero-order valence-electron chi connectivity index (χ0n) is 18.2. The topological polar surface area (TPSA) is 82.8 Å². The third kappa shape index (κ3) is 5.63. The van der Waals surface area contributed by atoms with Gasteiger partial charge >= 0.3 is 5.97 Å². The van der Waals surface area contributed by atoms with Crippen LogP contribution in [0.15, 0.2) is 55.2 Å². The minimum atomic E-state index is -0.436. The number of aromatic nitrogens is 2. The number of nitrogens with zero attached hydrogens (tertiary/aromatic N) is 3. The predicted molar refractivity (Wildman–Crippen MR) is 132 cm³/mol. The van der Waals surface area contributed by atoms with Crippen LogP contribution in [0.1, 0.15) is 39.1 Å². The van der Waals surface area contributed by atoms with Crippen molar-refractivity contribution in [2.24, 2.45) is 5.10 Å². The van der Waals surface area contributed by atoms with Crippen LogP contribution in [0.2, 0.25) is 0 Å². The number of rotatable bonds is 6. The molecule has 32 heavy (non-hydrogen) atoms. The molecule has 7 nitrogen and oxygen atoms in total. The van der Waals surface area contributed by atoms with Crippen LogP contribution < -0.4 is 10.3 Å². The maximum absolute atomic E-state index is 13.2. The number of esters is 1. The van der Waals surface area contributed by atoms with Gasteiger partial charge in [-0.3, -0.25) is 4.79 Å². The first-order valence-electron chi connectivity index (χ1n) is 9.95. The monoisotopic (exact) mass is 563 g/mol. The molecule has 0 fully saturated rings. The molecular formula is C23H23Br2N3O4. The zero-order valence-corrected chi connectivity index (χ0v) is 21.4. The van der Waals surface area contributed by atoms with Crippen molar-refractivity contribution >= 4 is 54.9 Å². The first kappa shape index (κ1) is 24.1. The summed E-state index contributed by atoms with van der Waals surface area (Å²) in [5, 5.41) is 4.94. The van der Waals surface area contributed by atoms with E-state index >= 15 is 0 Å². The summed E-state index contributed by atoms with van der Waals surface area (Å²) in [5.74, 6) is 0.622. The van der Waals surface area contributed by atoms with Gasteiger partial charge in [-0.15, -0.1) is 0 Å². The molecule has 0 spiro atoms. The SMILES string of the molecule is CCOC(=O)COc1ccc(C=Nn2c(C(C)(C)C)nc3ccc(Br)cc3c2=O)cc1Br. The van der Waals surface area contributed by atoms with E-state index < -0.39 is 11.4 Å². The van der Waals surface area contributed by atoms with Gasteiger partial charge in [-0.1, -0.05) is 36.7 Å². The van der Waals surface area contributed by atoms with Crippen LogP contribution in [0, 0.1) is 0 Å². The first-order chi connectivity index (χ1) is 15.1. The Kier molecular flexibility index (Phi) is 7.51. The number of hydrogen-bond donors (Lipinski definition) is 0. The maximum Gasteiger partial charge on any atom is 0.344 e. The van der Waals surface area contributed by atoms with Crippen LogP contribution >= 0.6 is 31.9 Å². The number of ether oxygens (including phenoxy) is 2. The fourth-order valence-corrected chi connectivity index (χ4v) is 3.79. The van der Waals surface area contributed by atoms with Crippen LogP contribution in [-0.2, 0) is 14.9 Å². The molecule has 0 radical (unpaired) electrons. The molecule has 3 aromatic rings. The minimum Gasteiger partial charge on any atom is -0.481 e. The molecular weight excluding hydrogens is 542 g/mol. The van der Waals surface area contributed by atoms with Crippen LogP contribution in [0.5, 0.6) is 5.75 Å². The van der Waals surface area contributed by atoms with Crippen molar-refractivity contribution in [3.05, 3.63) is 67.1 Å². The van der Waals surface area contributed by atoms with Gasteiger partial charge in [-0.05, 0) is 64.8 Å². The average molecular weight is 565 g/mol. The van der Waals surface area contributed by atoms with E-state index in [-0.39, 0.29) is 12.2 Å². The van der Waals surface area contributed by atoms with E-state index in [0.29, 0.717) is 33.6 Å². The predicted octanol–water partition coefficient (Wildman–Crippen LogP) is 5.04. The molecule has 0 N–H and O–H groups in total. The molecule has 1 heterocycles. The van der Waals surface area contributed by atoms with Gasteiger partial charge in [0.2, 0.25) is 0 Å². The summed E-state index contributed by atoms with van der Waals surface area (Å²) in [5.41, 5.74) is 0.719. The number of hydrogen-bond acceptors (Lipinski definition) is 6. The Bertz CT molecular complexity index is 1250. The molecule has 0 aliphatic rings. The van der Waals surface area contributed by atoms with Crippen molar-refractivity contribution in [3.8, 4) is 5.75 Å². The standard InChI is InChI=1S/C23H23Br2N3O4/c1-5-31-20(29)13-32-19-9-6-14(10-17(19)25)12-26-28-21(30)16-11-15(24)7-8-18(16)27-22(28)23(2,3)4/h6-12H,5,13H2,1-4H3. The van der Waals surface area contributed by atoms with Gasteiger partial charge in [0.15, 0.2) is 6.61 Å². The summed E-state index contributed by atoms with van der Waals surface area (Å²) in [6.07, 6.45) is 1.59.